The molecular formula is C20H30ClN3O. The summed E-state index contributed by atoms with van der Waals surface area (Å²) in [4.78, 5) is 16.8. The molecule has 2 N–H and O–H groups in total. The maximum absolute atomic E-state index is 11.8. The Morgan fingerprint density at radius 1 is 1.12 bits per heavy atom. The highest BCUT2D eigenvalue weighted by Crippen LogP contribution is 2.42. The van der Waals surface area contributed by atoms with E-state index in [1.165, 1.54) is 5.69 Å². The first kappa shape index (κ1) is 18.5. The van der Waals surface area contributed by atoms with Crippen LogP contribution in [-0.2, 0) is 4.79 Å². The molecule has 1 aromatic rings. The Balaban J connectivity index is 1.37. The van der Waals surface area contributed by atoms with Crippen molar-refractivity contribution in [1.82, 2.24) is 4.90 Å². The van der Waals surface area contributed by atoms with Gasteiger partial charge in [-0.2, -0.15) is 0 Å². The Kier molecular flexibility index (Phi) is 6.24. The summed E-state index contributed by atoms with van der Waals surface area (Å²) < 4.78 is 0. The SMILES string of the molecule is NC(=O)C1(CCCCN2CCN(c3cccc(Cl)c3)CC2)CCCC1. The number of nitrogens with zero attached hydrogens (tertiary/aromatic N) is 2. The van der Waals surface area contributed by atoms with Gasteiger partial charge in [-0.25, -0.2) is 0 Å². The number of hydrogen-bond acceptors (Lipinski definition) is 3. The van der Waals surface area contributed by atoms with Crippen LogP contribution >= 0.6 is 11.6 Å². The van der Waals surface area contributed by atoms with Crippen LogP contribution in [0.1, 0.15) is 44.9 Å². The molecule has 1 saturated heterocycles. The van der Waals surface area contributed by atoms with Crippen LogP contribution in [0.4, 0.5) is 5.69 Å². The molecule has 0 atom stereocenters. The van der Waals surface area contributed by atoms with Crippen molar-refractivity contribution < 1.29 is 4.79 Å². The van der Waals surface area contributed by atoms with Crippen molar-refractivity contribution in [2.75, 3.05) is 37.6 Å². The number of rotatable bonds is 7. The molecule has 1 heterocycles. The van der Waals surface area contributed by atoms with Crippen LogP contribution in [0.15, 0.2) is 24.3 Å². The first-order valence-corrected chi connectivity index (χ1v) is 10.00. The van der Waals surface area contributed by atoms with E-state index in [4.69, 9.17) is 17.3 Å². The molecule has 0 bridgehead atoms. The molecule has 4 nitrogen and oxygen atoms in total. The second-order valence-electron chi connectivity index (χ2n) is 7.62. The van der Waals surface area contributed by atoms with Crippen LogP contribution in [0.25, 0.3) is 0 Å². The van der Waals surface area contributed by atoms with Crippen molar-refractivity contribution in [3.63, 3.8) is 0 Å². The average Bonchev–Trinajstić information content (AvgIpc) is 3.10. The molecule has 0 aromatic heterocycles. The van der Waals surface area contributed by atoms with Crippen LogP contribution in [-0.4, -0.2) is 43.5 Å². The lowest BCUT2D eigenvalue weighted by molar-refractivity contribution is -0.127. The highest BCUT2D eigenvalue weighted by molar-refractivity contribution is 6.30. The van der Waals surface area contributed by atoms with Crippen molar-refractivity contribution in [2.24, 2.45) is 11.1 Å². The zero-order valence-corrected chi connectivity index (χ0v) is 15.8. The van der Waals surface area contributed by atoms with Gasteiger partial charge in [0.25, 0.3) is 0 Å². The number of carbonyl (C=O) groups is 1. The number of anilines is 1. The molecule has 1 aliphatic carbocycles. The quantitative estimate of drug-likeness (QED) is 0.752. The highest BCUT2D eigenvalue weighted by atomic mass is 35.5. The Morgan fingerprint density at radius 3 is 2.48 bits per heavy atom. The Hall–Kier alpha value is -1.26. The van der Waals surface area contributed by atoms with Crippen LogP contribution in [0, 0.1) is 5.41 Å². The lowest BCUT2D eigenvalue weighted by atomic mass is 9.80. The van der Waals surface area contributed by atoms with E-state index in [-0.39, 0.29) is 11.3 Å². The molecule has 1 saturated carbocycles. The van der Waals surface area contributed by atoms with Gasteiger partial charge < -0.3 is 10.6 Å². The van der Waals surface area contributed by atoms with Crippen LogP contribution < -0.4 is 10.6 Å². The van der Waals surface area contributed by atoms with Gasteiger partial charge in [-0.05, 0) is 50.4 Å². The number of piperazine rings is 1. The summed E-state index contributed by atoms with van der Waals surface area (Å²) in [5, 5.41) is 0.801. The fourth-order valence-electron chi connectivity index (χ4n) is 4.37. The molecule has 2 fully saturated rings. The van der Waals surface area contributed by atoms with E-state index in [1.54, 1.807) is 0 Å². The van der Waals surface area contributed by atoms with Gasteiger partial charge in [0.1, 0.15) is 0 Å². The minimum absolute atomic E-state index is 0.0693. The van der Waals surface area contributed by atoms with Gasteiger partial charge in [0.2, 0.25) is 5.91 Å². The topological polar surface area (TPSA) is 49.6 Å². The summed E-state index contributed by atoms with van der Waals surface area (Å²) in [5.41, 5.74) is 6.70. The molecule has 5 heteroatoms. The summed E-state index contributed by atoms with van der Waals surface area (Å²) in [5.74, 6) is -0.0693. The molecule has 3 rings (SSSR count). The Labute approximate surface area is 156 Å². The minimum atomic E-state index is -0.189. The van der Waals surface area contributed by atoms with E-state index in [9.17, 15) is 4.79 Å². The number of carbonyl (C=O) groups excluding carboxylic acids is 1. The number of unbranched alkanes of at least 4 members (excludes halogenated alkanes) is 1. The van der Waals surface area contributed by atoms with Crippen molar-refractivity contribution in [3.05, 3.63) is 29.3 Å². The van der Waals surface area contributed by atoms with E-state index >= 15 is 0 Å². The molecule has 0 unspecified atom stereocenters. The fraction of sp³-hybridized carbons (Fsp3) is 0.650. The average molecular weight is 364 g/mol. The first-order chi connectivity index (χ1) is 12.1. The fourth-order valence-corrected chi connectivity index (χ4v) is 4.56. The third-order valence-corrected chi connectivity index (χ3v) is 6.24. The lowest BCUT2D eigenvalue weighted by Crippen LogP contribution is -2.46. The number of hydrogen-bond donors (Lipinski definition) is 1. The van der Waals surface area contributed by atoms with Gasteiger partial charge in [0, 0.05) is 42.3 Å². The van der Waals surface area contributed by atoms with Gasteiger partial charge in [-0.1, -0.05) is 36.9 Å². The van der Waals surface area contributed by atoms with E-state index in [0.29, 0.717) is 0 Å². The van der Waals surface area contributed by atoms with E-state index in [2.05, 4.69) is 15.9 Å². The predicted octanol–water partition coefficient (Wildman–Crippen LogP) is 3.68. The number of halogens is 1. The summed E-state index contributed by atoms with van der Waals surface area (Å²) in [6, 6.07) is 8.11. The molecule has 0 spiro atoms. The van der Waals surface area contributed by atoms with Gasteiger partial charge in [-0.15, -0.1) is 0 Å². The lowest BCUT2D eigenvalue weighted by Gasteiger charge is -2.36. The first-order valence-electron chi connectivity index (χ1n) is 9.62. The standard InChI is InChI=1S/C20H30ClN3O/c21-17-6-5-7-18(16-17)24-14-12-23(13-15-24)11-4-3-10-20(19(22)25)8-1-2-9-20/h5-7,16H,1-4,8-15H2,(H2,22,25). The van der Waals surface area contributed by atoms with Gasteiger partial charge in [-0.3, -0.25) is 9.69 Å². The summed E-state index contributed by atoms with van der Waals surface area (Å²) in [6.45, 7) is 5.40. The molecule has 1 aliphatic heterocycles. The number of primary amides is 1. The number of benzene rings is 1. The van der Waals surface area contributed by atoms with Crippen molar-refractivity contribution in [3.8, 4) is 0 Å². The number of amides is 1. The molecule has 1 amide bonds. The molecule has 138 valence electrons. The molecular weight excluding hydrogens is 334 g/mol. The second-order valence-corrected chi connectivity index (χ2v) is 8.05. The zero-order chi connectivity index (χ0) is 17.7. The van der Waals surface area contributed by atoms with Crippen LogP contribution in [0.3, 0.4) is 0 Å². The monoisotopic (exact) mass is 363 g/mol. The van der Waals surface area contributed by atoms with E-state index in [1.807, 2.05) is 18.2 Å². The molecule has 0 radical (unpaired) electrons. The number of nitrogens with two attached hydrogens (primary N) is 1. The zero-order valence-electron chi connectivity index (χ0n) is 15.1. The third-order valence-electron chi connectivity index (χ3n) is 6.01. The van der Waals surface area contributed by atoms with Gasteiger partial charge in [0.05, 0.1) is 0 Å². The van der Waals surface area contributed by atoms with Crippen LogP contribution in [0.5, 0.6) is 0 Å². The Morgan fingerprint density at radius 2 is 1.84 bits per heavy atom. The maximum Gasteiger partial charge on any atom is 0.223 e. The van der Waals surface area contributed by atoms with Crippen molar-refractivity contribution in [2.45, 2.75) is 44.9 Å². The highest BCUT2D eigenvalue weighted by Gasteiger charge is 2.38. The third kappa shape index (κ3) is 4.68. The largest absolute Gasteiger partial charge is 0.369 e. The van der Waals surface area contributed by atoms with Crippen LogP contribution in [0.2, 0.25) is 5.02 Å². The normalized spacial score (nSPS) is 20.8. The molecule has 1 aromatic carbocycles. The minimum Gasteiger partial charge on any atom is -0.369 e. The van der Waals surface area contributed by atoms with Crippen molar-refractivity contribution >= 4 is 23.2 Å². The molecule has 25 heavy (non-hydrogen) atoms. The van der Waals surface area contributed by atoms with Gasteiger partial charge >= 0.3 is 0 Å². The summed E-state index contributed by atoms with van der Waals surface area (Å²) >= 11 is 6.09. The Bertz CT molecular complexity index is 578. The summed E-state index contributed by atoms with van der Waals surface area (Å²) in [6.07, 6.45) is 7.57. The van der Waals surface area contributed by atoms with Crippen molar-refractivity contribution in [1.29, 1.82) is 0 Å². The van der Waals surface area contributed by atoms with Gasteiger partial charge in [0.15, 0.2) is 0 Å². The second kappa shape index (κ2) is 8.41. The van der Waals surface area contributed by atoms with E-state index in [0.717, 1.165) is 82.7 Å². The maximum atomic E-state index is 11.8. The smallest absolute Gasteiger partial charge is 0.223 e. The summed E-state index contributed by atoms with van der Waals surface area (Å²) in [7, 11) is 0. The molecule has 2 aliphatic rings. The van der Waals surface area contributed by atoms with E-state index < -0.39 is 0 Å². The predicted molar refractivity (Wildman–Crippen MR) is 104 cm³/mol.